The number of hydrogen-bond acceptors (Lipinski definition) is 5. The highest BCUT2D eigenvalue weighted by Gasteiger charge is 2.17. The summed E-state index contributed by atoms with van der Waals surface area (Å²) in [6, 6.07) is 21.1. The number of anilines is 2. The Morgan fingerprint density at radius 1 is 0.743 bits per heavy atom. The van der Waals surface area contributed by atoms with Crippen LogP contribution >= 0.6 is 0 Å². The smallest absolute Gasteiger partial charge is 0.238 e. The minimum atomic E-state index is -0.167. The summed E-state index contributed by atoms with van der Waals surface area (Å²) in [6.07, 6.45) is 0.659. The molecule has 2 N–H and O–H groups in total. The molecule has 0 radical (unpaired) electrons. The molecular formula is C28H31N3O4. The Balaban J connectivity index is 1.40. The number of nitrogens with one attached hydrogen (secondary N) is 2. The van der Waals surface area contributed by atoms with Crippen LogP contribution in [0.15, 0.2) is 66.7 Å². The van der Waals surface area contributed by atoms with Gasteiger partial charge in [0.1, 0.15) is 13.2 Å². The van der Waals surface area contributed by atoms with E-state index in [1.165, 1.54) is 0 Å². The van der Waals surface area contributed by atoms with Crippen molar-refractivity contribution < 1.29 is 19.1 Å². The van der Waals surface area contributed by atoms with E-state index in [4.69, 9.17) is 9.47 Å². The van der Waals surface area contributed by atoms with Crippen molar-refractivity contribution >= 4 is 23.2 Å². The van der Waals surface area contributed by atoms with E-state index in [1.807, 2.05) is 85.5 Å². The zero-order valence-electron chi connectivity index (χ0n) is 20.2. The molecule has 1 aliphatic rings. The number of carbonyl (C=O) groups excluding carboxylic acids is 2. The summed E-state index contributed by atoms with van der Waals surface area (Å²) in [4.78, 5) is 27.4. The van der Waals surface area contributed by atoms with Crippen LogP contribution in [0.2, 0.25) is 0 Å². The van der Waals surface area contributed by atoms with E-state index in [-0.39, 0.29) is 24.9 Å². The quantitative estimate of drug-likeness (QED) is 0.487. The number of nitrogens with zero attached hydrogens (tertiary/aromatic N) is 1. The second-order valence-corrected chi connectivity index (χ2v) is 8.77. The number of fused-ring (bicyclic) bond motifs is 1. The lowest BCUT2D eigenvalue weighted by Crippen LogP contribution is -2.40. The number of ether oxygens (including phenoxy) is 2. The van der Waals surface area contributed by atoms with E-state index in [2.05, 4.69) is 10.6 Å². The lowest BCUT2D eigenvalue weighted by atomic mass is 10.1. The minimum absolute atomic E-state index is 0.0970. The first kappa shape index (κ1) is 24.3. The molecule has 0 aromatic heterocycles. The van der Waals surface area contributed by atoms with E-state index in [9.17, 15) is 9.59 Å². The normalized spacial score (nSPS) is 12.3. The predicted octanol–water partition coefficient (Wildman–Crippen LogP) is 4.20. The van der Waals surface area contributed by atoms with Crippen molar-refractivity contribution in [3.05, 3.63) is 83.4 Å². The highest BCUT2D eigenvalue weighted by molar-refractivity contribution is 5.94. The fourth-order valence-corrected chi connectivity index (χ4v) is 3.83. The number of aryl methyl sites for hydroxylation is 2. The van der Waals surface area contributed by atoms with Crippen LogP contribution in [0.4, 0.5) is 11.4 Å². The molecule has 3 aromatic carbocycles. The lowest BCUT2D eigenvalue weighted by Gasteiger charge is -2.22. The average molecular weight is 474 g/mol. The van der Waals surface area contributed by atoms with Gasteiger partial charge in [-0.2, -0.15) is 0 Å². The highest BCUT2D eigenvalue weighted by atomic mass is 16.6. The largest absolute Gasteiger partial charge is 0.486 e. The van der Waals surface area contributed by atoms with E-state index in [0.29, 0.717) is 26.2 Å². The van der Waals surface area contributed by atoms with Crippen LogP contribution in [-0.4, -0.2) is 49.6 Å². The Morgan fingerprint density at radius 2 is 1.26 bits per heavy atom. The monoisotopic (exact) mass is 473 g/mol. The molecule has 3 aromatic rings. The van der Waals surface area contributed by atoms with Crippen LogP contribution in [0.5, 0.6) is 11.5 Å². The lowest BCUT2D eigenvalue weighted by molar-refractivity contribution is -0.120. The van der Waals surface area contributed by atoms with Gasteiger partial charge in [0, 0.05) is 17.9 Å². The fourth-order valence-electron chi connectivity index (χ4n) is 3.83. The molecule has 7 nitrogen and oxygen atoms in total. The minimum Gasteiger partial charge on any atom is -0.486 e. The van der Waals surface area contributed by atoms with Crippen LogP contribution < -0.4 is 20.1 Å². The third-order valence-corrected chi connectivity index (χ3v) is 5.73. The van der Waals surface area contributed by atoms with Gasteiger partial charge in [0.25, 0.3) is 0 Å². The van der Waals surface area contributed by atoms with E-state index in [1.54, 1.807) is 0 Å². The predicted molar refractivity (Wildman–Crippen MR) is 137 cm³/mol. The van der Waals surface area contributed by atoms with Crippen molar-refractivity contribution in [3.8, 4) is 11.5 Å². The van der Waals surface area contributed by atoms with Gasteiger partial charge in [0.05, 0.1) is 13.1 Å². The summed E-state index contributed by atoms with van der Waals surface area (Å²) in [5.74, 6) is 1.14. The van der Waals surface area contributed by atoms with Gasteiger partial charge in [0.15, 0.2) is 11.5 Å². The zero-order valence-corrected chi connectivity index (χ0v) is 20.2. The number of rotatable bonds is 9. The molecule has 0 bridgehead atoms. The van der Waals surface area contributed by atoms with Gasteiger partial charge in [-0.05, 0) is 62.2 Å². The first-order valence-electron chi connectivity index (χ1n) is 11.8. The number of hydrogen-bond donors (Lipinski definition) is 2. The topological polar surface area (TPSA) is 79.9 Å². The van der Waals surface area contributed by atoms with Gasteiger partial charge >= 0.3 is 0 Å². The highest BCUT2D eigenvalue weighted by Crippen LogP contribution is 2.30. The molecule has 182 valence electrons. The van der Waals surface area contributed by atoms with Gasteiger partial charge in [0.2, 0.25) is 11.8 Å². The van der Waals surface area contributed by atoms with Gasteiger partial charge < -0.3 is 20.1 Å². The summed E-state index contributed by atoms with van der Waals surface area (Å²) >= 11 is 0. The Labute approximate surface area is 206 Å². The third kappa shape index (κ3) is 7.32. The Morgan fingerprint density at radius 3 is 1.80 bits per heavy atom. The standard InChI is InChI=1S/C28H31N3O4/c1-20-3-8-23(9-4-20)29-27(32)18-31(19-28(33)30-24-10-5-21(2)6-11-24)14-13-22-7-12-25-26(17-22)35-16-15-34-25/h3-12,17H,13-16,18-19H2,1-2H3,(H,29,32)(H,30,33). The molecule has 1 heterocycles. The Hall–Kier alpha value is -3.84. The molecular weight excluding hydrogens is 442 g/mol. The fraction of sp³-hybridized carbons (Fsp3) is 0.286. The molecule has 0 fully saturated rings. The van der Waals surface area contributed by atoms with Crippen LogP contribution in [0.25, 0.3) is 0 Å². The molecule has 0 atom stereocenters. The van der Waals surface area contributed by atoms with Crippen molar-refractivity contribution in [1.29, 1.82) is 0 Å². The maximum Gasteiger partial charge on any atom is 0.238 e. The third-order valence-electron chi connectivity index (χ3n) is 5.73. The van der Waals surface area contributed by atoms with Crippen LogP contribution in [0.3, 0.4) is 0 Å². The van der Waals surface area contributed by atoms with Crippen LogP contribution in [0.1, 0.15) is 16.7 Å². The van der Waals surface area contributed by atoms with Crippen molar-refractivity contribution in [1.82, 2.24) is 4.90 Å². The molecule has 1 aliphatic heterocycles. The number of carbonyl (C=O) groups is 2. The molecule has 35 heavy (non-hydrogen) atoms. The number of benzene rings is 3. The molecule has 0 saturated carbocycles. The van der Waals surface area contributed by atoms with E-state index in [0.717, 1.165) is 39.6 Å². The van der Waals surface area contributed by atoms with Crippen molar-refractivity contribution in [2.75, 3.05) is 43.5 Å². The van der Waals surface area contributed by atoms with Crippen LogP contribution in [0, 0.1) is 13.8 Å². The SMILES string of the molecule is Cc1ccc(NC(=O)CN(CCc2ccc3c(c2)OCCO3)CC(=O)Nc2ccc(C)cc2)cc1. The maximum absolute atomic E-state index is 12.8. The molecule has 0 saturated heterocycles. The van der Waals surface area contributed by atoms with Gasteiger partial charge in [-0.1, -0.05) is 41.5 Å². The number of amides is 2. The summed E-state index contributed by atoms with van der Waals surface area (Å²) < 4.78 is 11.3. The molecule has 0 aliphatic carbocycles. The first-order chi connectivity index (χ1) is 16.9. The first-order valence-corrected chi connectivity index (χ1v) is 11.8. The molecule has 7 heteroatoms. The van der Waals surface area contributed by atoms with Crippen molar-refractivity contribution in [2.45, 2.75) is 20.3 Å². The summed E-state index contributed by atoms with van der Waals surface area (Å²) in [5.41, 5.74) is 4.76. The molecule has 4 rings (SSSR count). The van der Waals surface area contributed by atoms with Crippen molar-refractivity contribution in [2.24, 2.45) is 0 Å². The second kappa shape index (κ2) is 11.5. The van der Waals surface area contributed by atoms with E-state index >= 15 is 0 Å². The Kier molecular flexibility index (Phi) is 8.00. The zero-order chi connectivity index (χ0) is 24.6. The molecule has 0 unspecified atom stereocenters. The maximum atomic E-state index is 12.8. The Bertz CT molecular complexity index is 1100. The summed E-state index contributed by atoms with van der Waals surface area (Å²) in [6.45, 7) is 5.80. The van der Waals surface area contributed by atoms with Gasteiger partial charge in [-0.3, -0.25) is 14.5 Å². The summed E-state index contributed by atoms with van der Waals surface area (Å²) in [7, 11) is 0. The van der Waals surface area contributed by atoms with Gasteiger partial charge in [-0.15, -0.1) is 0 Å². The second-order valence-electron chi connectivity index (χ2n) is 8.77. The van der Waals surface area contributed by atoms with Crippen molar-refractivity contribution in [3.63, 3.8) is 0 Å². The van der Waals surface area contributed by atoms with Gasteiger partial charge in [-0.25, -0.2) is 0 Å². The average Bonchev–Trinajstić information content (AvgIpc) is 2.85. The van der Waals surface area contributed by atoms with Crippen LogP contribution in [-0.2, 0) is 16.0 Å². The van der Waals surface area contributed by atoms with E-state index < -0.39 is 0 Å². The summed E-state index contributed by atoms with van der Waals surface area (Å²) in [5, 5.41) is 5.84. The molecule has 0 spiro atoms. The molecule has 2 amide bonds.